The summed E-state index contributed by atoms with van der Waals surface area (Å²) in [5.41, 5.74) is 3.18. The molecule has 0 radical (unpaired) electrons. The number of benzene rings is 1. The van der Waals surface area contributed by atoms with E-state index >= 15 is 0 Å². The molecule has 0 spiro atoms. The van der Waals surface area contributed by atoms with Gasteiger partial charge in [-0.2, -0.15) is 0 Å². The molecule has 2 nitrogen and oxygen atoms in total. The predicted octanol–water partition coefficient (Wildman–Crippen LogP) is 2.67. The average Bonchev–Trinajstić information content (AvgIpc) is 2.16. The van der Waals surface area contributed by atoms with Gasteiger partial charge in [0.15, 0.2) is 0 Å². The summed E-state index contributed by atoms with van der Waals surface area (Å²) in [5, 5.41) is 1.11. The van der Waals surface area contributed by atoms with Crippen LogP contribution in [0.15, 0.2) is 30.5 Å². The highest BCUT2D eigenvalue weighted by molar-refractivity contribution is 5.83. The Labute approximate surface area is 89.0 Å². The van der Waals surface area contributed by atoms with Crippen LogP contribution in [0.3, 0.4) is 0 Å². The summed E-state index contributed by atoms with van der Waals surface area (Å²) < 4.78 is 0. The molecule has 76 valence electrons. The van der Waals surface area contributed by atoms with Crippen LogP contribution in [0.5, 0.6) is 0 Å². The van der Waals surface area contributed by atoms with Gasteiger partial charge in [-0.05, 0) is 43.2 Å². The maximum absolute atomic E-state index is 11.0. The second-order valence-corrected chi connectivity index (χ2v) is 3.92. The quantitative estimate of drug-likeness (QED) is 0.744. The van der Waals surface area contributed by atoms with Crippen molar-refractivity contribution < 1.29 is 4.79 Å². The van der Waals surface area contributed by atoms with E-state index < -0.39 is 0 Å². The van der Waals surface area contributed by atoms with E-state index in [2.05, 4.69) is 11.1 Å². The van der Waals surface area contributed by atoms with Crippen LogP contribution in [-0.4, -0.2) is 10.8 Å². The Morgan fingerprint density at radius 1 is 1.33 bits per heavy atom. The van der Waals surface area contributed by atoms with Crippen molar-refractivity contribution in [3.05, 3.63) is 41.6 Å². The molecule has 2 aromatic rings. The smallest absolute Gasteiger partial charge is 0.134 e. The minimum Gasteiger partial charge on any atom is -0.300 e. The standard InChI is InChI=1S/C13H13NO/c1-9-5-12-7-11(6-10(2)15)3-4-13(12)14-8-9/h3-5,7-8H,6H2,1-2H3. The van der Waals surface area contributed by atoms with Crippen LogP contribution >= 0.6 is 0 Å². The molecule has 0 amide bonds. The summed E-state index contributed by atoms with van der Waals surface area (Å²) >= 11 is 0. The SMILES string of the molecule is CC(=O)Cc1ccc2ncc(C)cc2c1. The van der Waals surface area contributed by atoms with E-state index in [-0.39, 0.29) is 5.78 Å². The molecule has 0 aliphatic heterocycles. The number of carbonyl (C=O) groups excluding carboxylic acids is 1. The molecule has 0 fully saturated rings. The lowest BCUT2D eigenvalue weighted by Crippen LogP contribution is -1.96. The highest BCUT2D eigenvalue weighted by Gasteiger charge is 2.00. The third-order valence-corrected chi connectivity index (χ3v) is 2.34. The molecule has 1 aromatic carbocycles. The van der Waals surface area contributed by atoms with E-state index in [1.807, 2.05) is 31.3 Å². The van der Waals surface area contributed by atoms with E-state index in [1.54, 1.807) is 6.92 Å². The molecule has 0 saturated carbocycles. The zero-order chi connectivity index (χ0) is 10.8. The Bertz CT molecular complexity index is 517. The van der Waals surface area contributed by atoms with Crippen LogP contribution in [0.4, 0.5) is 0 Å². The molecule has 2 rings (SSSR count). The van der Waals surface area contributed by atoms with Gasteiger partial charge in [0.1, 0.15) is 5.78 Å². The Kier molecular flexibility index (Phi) is 2.50. The molecular formula is C13H13NO. The first kappa shape index (κ1) is 9.84. The molecule has 1 aromatic heterocycles. The number of pyridine rings is 1. The summed E-state index contributed by atoms with van der Waals surface area (Å²) in [6, 6.07) is 8.06. The molecule has 1 heterocycles. The van der Waals surface area contributed by atoms with Crippen molar-refractivity contribution in [2.75, 3.05) is 0 Å². The van der Waals surface area contributed by atoms with Crippen LogP contribution in [-0.2, 0) is 11.2 Å². The number of hydrogen-bond acceptors (Lipinski definition) is 2. The van der Waals surface area contributed by atoms with Crippen LogP contribution in [0, 0.1) is 6.92 Å². The van der Waals surface area contributed by atoms with Crippen molar-refractivity contribution in [1.82, 2.24) is 4.98 Å². The molecule has 0 aliphatic carbocycles. The normalized spacial score (nSPS) is 10.5. The van der Waals surface area contributed by atoms with Crippen LogP contribution in [0.25, 0.3) is 10.9 Å². The zero-order valence-corrected chi connectivity index (χ0v) is 8.95. The van der Waals surface area contributed by atoms with Gasteiger partial charge >= 0.3 is 0 Å². The van der Waals surface area contributed by atoms with Crippen molar-refractivity contribution in [3.63, 3.8) is 0 Å². The lowest BCUT2D eigenvalue weighted by Gasteiger charge is -2.02. The first-order valence-electron chi connectivity index (χ1n) is 5.00. The van der Waals surface area contributed by atoms with Crippen LogP contribution in [0.1, 0.15) is 18.1 Å². The topological polar surface area (TPSA) is 30.0 Å². The van der Waals surface area contributed by atoms with Gasteiger partial charge < -0.3 is 0 Å². The number of Topliss-reactive ketones (excluding diaryl/α,β-unsaturated/α-hetero) is 1. The fraction of sp³-hybridized carbons (Fsp3) is 0.231. The third-order valence-electron chi connectivity index (χ3n) is 2.34. The average molecular weight is 199 g/mol. The molecule has 0 atom stereocenters. The Balaban J connectivity index is 2.49. The Morgan fingerprint density at radius 3 is 2.87 bits per heavy atom. The van der Waals surface area contributed by atoms with Crippen molar-refractivity contribution >= 4 is 16.7 Å². The molecular weight excluding hydrogens is 186 g/mol. The van der Waals surface area contributed by atoms with Gasteiger partial charge in [-0.1, -0.05) is 6.07 Å². The van der Waals surface area contributed by atoms with E-state index in [4.69, 9.17) is 0 Å². The lowest BCUT2D eigenvalue weighted by molar-refractivity contribution is -0.116. The molecule has 2 heteroatoms. The van der Waals surface area contributed by atoms with Crippen molar-refractivity contribution in [1.29, 1.82) is 0 Å². The number of rotatable bonds is 2. The predicted molar refractivity (Wildman–Crippen MR) is 60.9 cm³/mol. The van der Waals surface area contributed by atoms with Gasteiger partial charge in [-0.25, -0.2) is 0 Å². The maximum atomic E-state index is 11.0. The van der Waals surface area contributed by atoms with Gasteiger partial charge in [0.2, 0.25) is 0 Å². The summed E-state index contributed by atoms with van der Waals surface area (Å²) in [5.74, 6) is 0.190. The van der Waals surface area contributed by atoms with Gasteiger partial charge in [0.25, 0.3) is 0 Å². The largest absolute Gasteiger partial charge is 0.300 e. The minimum absolute atomic E-state index is 0.190. The van der Waals surface area contributed by atoms with Gasteiger partial charge in [-0.3, -0.25) is 9.78 Å². The number of ketones is 1. The van der Waals surface area contributed by atoms with E-state index in [1.165, 1.54) is 0 Å². The lowest BCUT2D eigenvalue weighted by atomic mass is 10.1. The van der Waals surface area contributed by atoms with Gasteiger partial charge in [0, 0.05) is 18.0 Å². The summed E-state index contributed by atoms with van der Waals surface area (Å²) in [6.45, 7) is 3.63. The highest BCUT2D eigenvalue weighted by atomic mass is 16.1. The molecule has 0 unspecified atom stereocenters. The van der Waals surface area contributed by atoms with Crippen molar-refractivity contribution in [2.24, 2.45) is 0 Å². The number of carbonyl (C=O) groups is 1. The summed E-state index contributed by atoms with van der Waals surface area (Å²) in [7, 11) is 0. The van der Waals surface area contributed by atoms with Gasteiger partial charge in [0.05, 0.1) is 5.52 Å². The summed E-state index contributed by atoms with van der Waals surface area (Å²) in [6.07, 6.45) is 2.36. The highest BCUT2D eigenvalue weighted by Crippen LogP contribution is 2.15. The number of aromatic nitrogens is 1. The second kappa shape index (κ2) is 3.81. The maximum Gasteiger partial charge on any atom is 0.134 e. The minimum atomic E-state index is 0.190. The third kappa shape index (κ3) is 2.21. The molecule has 0 bridgehead atoms. The van der Waals surface area contributed by atoms with Crippen LogP contribution in [0.2, 0.25) is 0 Å². The number of nitrogens with zero attached hydrogens (tertiary/aromatic N) is 1. The fourth-order valence-corrected chi connectivity index (χ4v) is 1.69. The number of hydrogen-bond donors (Lipinski definition) is 0. The molecule has 0 saturated heterocycles. The molecule has 0 N–H and O–H groups in total. The van der Waals surface area contributed by atoms with E-state index in [9.17, 15) is 4.79 Å². The monoisotopic (exact) mass is 199 g/mol. The fourth-order valence-electron chi connectivity index (χ4n) is 1.69. The number of fused-ring (bicyclic) bond motifs is 1. The van der Waals surface area contributed by atoms with Crippen molar-refractivity contribution in [2.45, 2.75) is 20.3 Å². The first-order valence-corrected chi connectivity index (χ1v) is 5.00. The Hall–Kier alpha value is -1.70. The Morgan fingerprint density at radius 2 is 2.13 bits per heavy atom. The molecule has 15 heavy (non-hydrogen) atoms. The van der Waals surface area contributed by atoms with E-state index in [0.29, 0.717) is 6.42 Å². The zero-order valence-electron chi connectivity index (χ0n) is 8.95. The van der Waals surface area contributed by atoms with Crippen LogP contribution < -0.4 is 0 Å². The first-order chi connectivity index (χ1) is 7.15. The number of aryl methyl sites for hydroxylation is 1. The van der Waals surface area contributed by atoms with Crippen molar-refractivity contribution in [3.8, 4) is 0 Å². The second-order valence-electron chi connectivity index (χ2n) is 3.92. The van der Waals surface area contributed by atoms with E-state index in [0.717, 1.165) is 22.0 Å². The summed E-state index contributed by atoms with van der Waals surface area (Å²) in [4.78, 5) is 15.3. The van der Waals surface area contributed by atoms with Gasteiger partial charge in [-0.15, -0.1) is 0 Å². The molecule has 0 aliphatic rings.